The number of anilines is 1. The molecule has 1 spiro atoms. The molecule has 1 fully saturated rings. The van der Waals surface area contributed by atoms with Crippen molar-refractivity contribution in [2.24, 2.45) is 0 Å². The number of amides is 2. The highest BCUT2D eigenvalue weighted by Gasteiger charge is 2.58. The van der Waals surface area contributed by atoms with Crippen molar-refractivity contribution < 1.29 is 14.3 Å². The molecule has 0 bridgehead atoms. The number of carbonyl (C=O) groups excluding carboxylic acids is 2. The molecule has 2 atom stereocenters. The maximum atomic E-state index is 13.9. The largest absolute Gasteiger partial charge is 0.360 e. The van der Waals surface area contributed by atoms with E-state index in [1.165, 1.54) is 0 Å². The highest BCUT2D eigenvalue weighted by atomic mass is 35.5. The molecule has 1 N–H and O–H groups in total. The van der Waals surface area contributed by atoms with Gasteiger partial charge in [-0.25, -0.2) is 10.0 Å². The Labute approximate surface area is 232 Å². The fraction of sp³-hybridized carbons (Fsp3) is 0.448. The predicted molar refractivity (Wildman–Crippen MR) is 158 cm³/mol. The van der Waals surface area contributed by atoms with Gasteiger partial charge in [-0.3, -0.25) is 14.5 Å². The second-order valence-corrected chi connectivity index (χ2v) is 15.7. The molecule has 1 saturated heterocycles. The van der Waals surface area contributed by atoms with E-state index in [0.717, 1.165) is 34.0 Å². The van der Waals surface area contributed by atoms with Crippen LogP contribution in [0.5, 0.6) is 0 Å². The summed E-state index contributed by atoms with van der Waals surface area (Å²) >= 11 is 11.8. The molecule has 8 heteroatoms. The number of piperidine rings is 1. The number of fused-ring (bicyclic) bond motifs is 2. The molecule has 0 radical (unpaired) electrons. The first kappa shape index (κ1) is 29.6. The number of hydrogen-bond donors (Lipinski definition) is 1. The summed E-state index contributed by atoms with van der Waals surface area (Å²) in [5.74, 6) is 0.963. The molecule has 0 aliphatic carbocycles. The lowest BCUT2D eigenvalue weighted by Gasteiger charge is -2.42. The van der Waals surface area contributed by atoms with Crippen LogP contribution in [0.3, 0.4) is 0 Å². The van der Waals surface area contributed by atoms with Gasteiger partial charge in [-0.1, -0.05) is 66.0 Å². The van der Waals surface area contributed by atoms with Gasteiger partial charge in [0.25, 0.3) is 0 Å². The van der Waals surface area contributed by atoms with Crippen molar-refractivity contribution in [1.29, 1.82) is 0 Å². The predicted octanol–water partition coefficient (Wildman–Crippen LogP) is 6.57. The minimum Gasteiger partial charge on any atom is -0.360 e. The highest BCUT2D eigenvalue weighted by molar-refractivity contribution is 8.32. The summed E-state index contributed by atoms with van der Waals surface area (Å²) in [4.78, 5) is 27.9. The lowest BCUT2D eigenvalue weighted by molar-refractivity contribution is -0.130. The molecule has 2 aromatic carbocycles. The number of rotatable bonds is 7. The van der Waals surface area contributed by atoms with Crippen molar-refractivity contribution in [3.05, 3.63) is 75.8 Å². The van der Waals surface area contributed by atoms with E-state index in [2.05, 4.69) is 31.0 Å². The van der Waals surface area contributed by atoms with Gasteiger partial charge < -0.3 is 10.1 Å². The van der Waals surface area contributed by atoms with Crippen LogP contribution in [0.15, 0.2) is 60.2 Å². The lowest BCUT2D eigenvalue weighted by Crippen LogP contribution is -2.60. The van der Waals surface area contributed by atoms with Crippen LogP contribution >= 0.6 is 33.2 Å². The Hall–Kier alpha value is -1.99. The number of ether oxygens (including phenoxy) is 1. The minimum absolute atomic E-state index is 0.00964. The Morgan fingerprint density at radius 1 is 1.14 bits per heavy atom. The molecule has 2 aromatic rings. The Kier molecular flexibility index (Phi) is 10.2. The zero-order chi connectivity index (χ0) is 27.2. The topological polar surface area (TPSA) is 58.6 Å². The summed E-state index contributed by atoms with van der Waals surface area (Å²) in [6.07, 6.45) is 10.3. The van der Waals surface area contributed by atoms with Gasteiger partial charge in [0.05, 0.1) is 18.3 Å². The lowest BCUT2D eigenvalue weighted by atomic mass is 9.67. The van der Waals surface area contributed by atoms with Gasteiger partial charge in [-0.05, 0) is 68.4 Å². The standard InChI is InChI=1S/C23H33ClN2O3S.C6H5Cl/c1-6-16(7-2)21-23(11-10-20(27)25-21)18-9-8-17(24)14-19(18)26(22(23)28)15-29-12-13-30(3,4)5;7-6-4-2-1-3-5-6/h6,8-9,14,21H,7,10-13,15H2,1-5H3,(H,25,27);1-5H/b16-6+;/t21-,23-;/m1./s1. The van der Waals surface area contributed by atoms with E-state index in [0.29, 0.717) is 24.5 Å². The Bertz CT molecular complexity index is 1130. The monoisotopic (exact) mass is 564 g/mol. The summed E-state index contributed by atoms with van der Waals surface area (Å²) in [5.41, 5.74) is 1.98. The second-order valence-electron chi connectivity index (χ2n) is 10.2. The smallest absolute Gasteiger partial charge is 0.242 e. The molecule has 0 aromatic heterocycles. The SMILES string of the molecule is C/C=C(\CC)[C@H]1NC(=O)CC[C@]12C(=O)N(COCCS(C)(C)C)c1cc(Cl)ccc12.Clc1ccccc1. The molecular weight excluding hydrogens is 527 g/mol. The quantitative estimate of drug-likeness (QED) is 0.305. The van der Waals surface area contributed by atoms with E-state index in [1.54, 1.807) is 4.90 Å². The van der Waals surface area contributed by atoms with Gasteiger partial charge >= 0.3 is 0 Å². The van der Waals surface area contributed by atoms with Crippen LogP contribution in [-0.2, 0) is 19.7 Å². The van der Waals surface area contributed by atoms with Crippen LogP contribution in [0.1, 0.15) is 38.7 Å². The van der Waals surface area contributed by atoms with Gasteiger partial charge in [0.15, 0.2) is 0 Å². The Morgan fingerprint density at radius 3 is 2.41 bits per heavy atom. The van der Waals surface area contributed by atoms with Gasteiger partial charge in [0.1, 0.15) is 12.1 Å². The van der Waals surface area contributed by atoms with Gasteiger partial charge in [-0.15, -0.1) is 0 Å². The van der Waals surface area contributed by atoms with Gasteiger partial charge in [-0.2, -0.15) is 0 Å². The molecule has 202 valence electrons. The van der Waals surface area contributed by atoms with E-state index < -0.39 is 15.4 Å². The van der Waals surface area contributed by atoms with Crippen LogP contribution in [0, 0.1) is 0 Å². The van der Waals surface area contributed by atoms with Crippen molar-refractivity contribution >= 4 is 50.7 Å². The number of hydrogen-bond acceptors (Lipinski definition) is 3. The molecule has 37 heavy (non-hydrogen) atoms. The number of halogens is 2. The number of nitrogens with one attached hydrogen (secondary N) is 1. The number of nitrogens with zero attached hydrogens (tertiary/aromatic N) is 1. The second kappa shape index (κ2) is 12.7. The number of carbonyl (C=O) groups is 2. The summed E-state index contributed by atoms with van der Waals surface area (Å²) in [5, 5.41) is 4.50. The first-order valence-corrected chi connectivity index (χ1v) is 16.3. The van der Waals surface area contributed by atoms with E-state index in [1.807, 2.05) is 61.5 Å². The molecule has 2 aliphatic heterocycles. The van der Waals surface area contributed by atoms with Gasteiger partial charge in [0.2, 0.25) is 11.8 Å². The molecule has 0 saturated carbocycles. The van der Waals surface area contributed by atoms with Crippen LogP contribution in [0.25, 0.3) is 0 Å². The van der Waals surface area contributed by atoms with Crippen LogP contribution in [0.4, 0.5) is 5.69 Å². The fourth-order valence-electron chi connectivity index (χ4n) is 4.89. The van der Waals surface area contributed by atoms with E-state index in [-0.39, 0.29) is 24.6 Å². The molecule has 2 heterocycles. The van der Waals surface area contributed by atoms with Crippen molar-refractivity contribution in [2.45, 2.75) is 44.6 Å². The Morgan fingerprint density at radius 2 is 1.84 bits per heavy atom. The maximum Gasteiger partial charge on any atom is 0.242 e. The number of benzene rings is 2. The van der Waals surface area contributed by atoms with E-state index in [4.69, 9.17) is 27.9 Å². The maximum absolute atomic E-state index is 13.9. The highest BCUT2D eigenvalue weighted by Crippen LogP contribution is 2.50. The van der Waals surface area contributed by atoms with Crippen LogP contribution in [-0.4, -0.2) is 55.7 Å². The summed E-state index contributed by atoms with van der Waals surface area (Å²) in [6.45, 7) is 4.83. The normalized spacial score (nSPS) is 21.9. The molecule has 0 unspecified atom stereocenters. The average Bonchev–Trinajstić information content (AvgIpc) is 3.07. The minimum atomic E-state index is -0.815. The first-order chi connectivity index (χ1) is 17.5. The van der Waals surface area contributed by atoms with Crippen LogP contribution < -0.4 is 10.2 Å². The van der Waals surface area contributed by atoms with E-state index >= 15 is 0 Å². The third kappa shape index (κ3) is 6.91. The Balaban J connectivity index is 0.000000468. The van der Waals surface area contributed by atoms with Crippen molar-refractivity contribution in [3.8, 4) is 0 Å². The van der Waals surface area contributed by atoms with Gasteiger partial charge in [0, 0.05) is 22.2 Å². The third-order valence-electron chi connectivity index (χ3n) is 6.85. The summed E-state index contributed by atoms with van der Waals surface area (Å²) < 4.78 is 5.95. The zero-order valence-corrected chi connectivity index (χ0v) is 24.7. The molecule has 2 amide bonds. The average molecular weight is 566 g/mol. The fourth-order valence-corrected chi connectivity index (χ4v) is 5.82. The summed E-state index contributed by atoms with van der Waals surface area (Å²) in [6, 6.07) is 14.7. The molecule has 5 nitrogen and oxygen atoms in total. The molecule has 4 rings (SSSR count). The molecule has 2 aliphatic rings. The molecular formula is C29H38Cl2N2O3S. The van der Waals surface area contributed by atoms with E-state index in [9.17, 15) is 9.59 Å². The third-order valence-corrected chi connectivity index (χ3v) is 8.72. The number of allylic oxidation sites excluding steroid dienone is 1. The summed E-state index contributed by atoms with van der Waals surface area (Å²) in [7, 11) is -0.665. The van der Waals surface area contributed by atoms with Crippen LogP contribution in [0.2, 0.25) is 10.0 Å². The first-order valence-electron chi connectivity index (χ1n) is 12.5. The van der Waals surface area contributed by atoms with Crippen molar-refractivity contribution in [2.75, 3.05) is 42.8 Å². The van der Waals surface area contributed by atoms with Crippen molar-refractivity contribution in [1.82, 2.24) is 5.32 Å². The zero-order valence-electron chi connectivity index (χ0n) is 22.4. The van der Waals surface area contributed by atoms with Crippen molar-refractivity contribution in [3.63, 3.8) is 0 Å².